The van der Waals surface area contributed by atoms with Crippen LogP contribution in [0.1, 0.15) is 31.0 Å². The smallest absolute Gasteiger partial charge is 0.129 e. The van der Waals surface area contributed by atoms with Crippen LogP contribution in [0, 0.1) is 0 Å². The van der Waals surface area contributed by atoms with Gasteiger partial charge in [-0.1, -0.05) is 13.8 Å². The highest BCUT2D eigenvalue weighted by atomic mass is 16.3. The van der Waals surface area contributed by atoms with E-state index in [1.165, 1.54) is 0 Å². The molecule has 84 valence electrons. The molecule has 2 aromatic heterocycles. The summed E-state index contributed by atoms with van der Waals surface area (Å²) in [4.78, 5) is 8.38. The van der Waals surface area contributed by atoms with Crippen LogP contribution in [0.5, 0.6) is 0 Å². The van der Waals surface area contributed by atoms with Crippen LogP contribution < -0.4 is 5.32 Å². The zero-order chi connectivity index (χ0) is 11.4. The Hall–Kier alpha value is -1.84. The molecule has 4 heteroatoms. The lowest BCUT2D eigenvalue weighted by Crippen LogP contribution is -2.02. The van der Waals surface area contributed by atoms with Crippen molar-refractivity contribution in [2.24, 2.45) is 0 Å². The standard InChI is InChI=1S/C12H15N3O/c1-9(2)11-5-12(15-8-14-11)13-6-10-3-4-16-7-10/h3-5,7-9H,6H2,1-2H3,(H,13,14,15). The number of furan rings is 1. The topological polar surface area (TPSA) is 51.0 Å². The first kappa shape index (κ1) is 10.7. The molecular formula is C12H15N3O. The van der Waals surface area contributed by atoms with Crippen molar-refractivity contribution in [2.75, 3.05) is 5.32 Å². The van der Waals surface area contributed by atoms with Crippen LogP contribution in [0.25, 0.3) is 0 Å². The van der Waals surface area contributed by atoms with E-state index in [1.807, 2.05) is 12.1 Å². The molecule has 0 radical (unpaired) electrons. The molecule has 0 fully saturated rings. The van der Waals surface area contributed by atoms with Gasteiger partial charge in [-0.3, -0.25) is 0 Å². The number of nitrogens with one attached hydrogen (secondary N) is 1. The summed E-state index contributed by atoms with van der Waals surface area (Å²) in [6, 6.07) is 3.91. The lowest BCUT2D eigenvalue weighted by molar-refractivity contribution is 0.564. The zero-order valence-corrected chi connectivity index (χ0v) is 9.47. The highest BCUT2D eigenvalue weighted by Crippen LogP contribution is 2.14. The average Bonchev–Trinajstić information content (AvgIpc) is 2.79. The van der Waals surface area contributed by atoms with Crippen LogP contribution in [-0.4, -0.2) is 9.97 Å². The lowest BCUT2D eigenvalue weighted by Gasteiger charge is -2.07. The fraction of sp³-hybridized carbons (Fsp3) is 0.333. The van der Waals surface area contributed by atoms with E-state index in [0.29, 0.717) is 12.5 Å². The predicted octanol–water partition coefficient (Wildman–Crippen LogP) is 2.81. The number of anilines is 1. The minimum Gasteiger partial charge on any atom is -0.472 e. The zero-order valence-electron chi connectivity index (χ0n) is 9.47. The summed E-state index contributed by atoms with van der Waals surface area (Å²) >= 11 is 0. The maximum atomic E-state index is 4.99. The molecule has 0 aliphatic carbocycles. The third kappa shape index (κ3) is 2.59. The molecule has 16 heavy (non-hydrogen) atoms. The SMILES string of the molecule is CC(C)c1cc(NCc2ccoc2)ncn1. The van der Waals surface area contributed by atoms with Gasteiger partial charge in [-0.05, 0) is 12.0 Å². The van der Waals surface area contributed by atoms with Gasteiger partial charge in [0, 0.05) is 23.9 Å². The van der Waals surface area contributed by atoms with Gasteiger partial charge in [-0.25, -0.2) is 9.97 Å². The summed E-state index contributed by atoms with van der Waals surface area (Å²) in [5.74, 6) is 1.26. The molecule has 4 nitrogen and oxygen atoms in total. The van der Waals surface area contributed by atoms with Crippen LogP contribution in [0.3, 0.4) is 0 Å². The Bertz CT molecular complexity index is 437. The maximum Gasteiger partial charge on any atom is 0.129 e. The van der Waals surface area contributed by atoms with E-state index in [4.69, 9.17) is 4.42 Å². The summed E-state index contributed by atoms with van der Waals surface area (Å²) in [7, 11) is 0. The molecule has 2 rings (SSSR count). The predicted molar refractivity (Wildman–Crippen MR) is 62.2 cm³/mol. The Morgan fingerprint density at radius 1 is 1.38 bits per heavy atom. The van der Waals surface area contributed by atoms with Gasteiger partial charge < -0.3 is 9.73 Å². The summed E-state index contributed by atoms with van der Waals surface area (Å²) in [6.07, 6.45) is 4.97. The van der Waals surface area contributed by atoms with Crippen LogP contribution in [0.4, 0.5) is 5.82 Å². The summed E-state index contributed by atoms with van der Waals surface area (Å²) in [5, 5.41) is 3.23. The highest BCUT2D eigenvalue weighted by molar-refractivity contribution is 5.36. The molecule has 0 unspecified atom stereocenters. The van der Waals surface area contributed by atoms with Crippen molar-refractivity contribution >= 4 is 5.82 Å². The van der Waals surface area contributed by atoms with E-state index in [-0.39, 0.29) is 0 Å². The molecule has 0 aliphatic rings. The van der Waals surface area contributed by atoms with Gasteiger partial charge in [0.2, 0.25) is 0 Å². The summed E-state index contributed by atoms with van der Waals surface area (Å²) in [5.41, 5.74) is 2.15. The highest BCUT2D eigenvalue weighted by Gasteiger charge is 2.02. The molecule has 0 bridgehead atoms. The molecular weight excluding hydrogens is 202 g/mol. The normalized spacial score (nSPS) is 10.7. The fourth-order valence-electron chi connectivity index (χ4n) is 1.37. The van der Waals surface area contributed by atoms with E-state index < -0.39 is 0 Å². The van der Waals surface area contributed by atoms with Crippen molar-refractivity contribution in [1.82, 2.24) is 9.97 Å². The first-order valence-corrected chi connectivity index (χ1v) is 5.32. The van der Waals surface area contributed by atoms with Gasteiger partial charge in [0.15, 0.2) is 0 Å². The number of hydrogen-bond acceptors (Lipinski definition) is 4. The van der Waals surface area contributed by atoms with E-state index in [0.717, 1.165) is 17.1 Å². The monoisotopic (exact) mass is 217 g/mol. The Kier molecular flexibility index (Phi) is 3.19. The molecule has 0 amide bonds. The van der Waals surface area contributed by atoms with Gasteiger partial charge in [-0.2, -0.15) is 0 Å². The van der Waals surface area contributed by atoms with Crippen LogP contribution >= 0.6 is 0 Å². The number of nitrogens with zero attached hydrogens (tertiary/aromatic N) is 2. The largest absolute Gasteiger partial charge is 0.472 e. The van der Waals surface area contributed by atoms with Crippen molar-refractivity contribution in [1.29, 1.82) is 0 Å². The summed E-state index contributed by atoms with van der Waals surface area (Å²) < 4.78 is 4.99. The molecule has 0 saturated heterocycles. The molecule has 2 aromatic rings. The third-order valence-electron chi connectivity index (χ3n) is 2.33. The average molecular weight is 217 g/mol. The molecule has 0 aromatic carbocycles. The molecule has 0 atom stereocenters. The van der Waals surface area contributed by atoms with Gasteiger partial charge in [0.1, 0.15) is 12.1 Å². The van der Waals surface area contributed by atoms with Crippen molar-refractivity contribution in [3.8, 4) is 0 Å². The Morgan fingerprint density at radius 2 is 2.25 bits per heavy atom. The van der Waals surface area contributed by atoms with Crippen molar-refractivity contribution in [2.45, 2.75) is 26.3 Å². The number of aromatic nitrogens is 2. The van der Waals surface area contributed by atoms with E-state index >= 15 is 0 Å². The van der Waals surface area contributed by atoms with Crippen molar-refractivity contribution < 1.29 is 4.42 Å². The first-order chi connectivity index (χ1) is 7.75. The molecule has 0 spiro atoms. The fourth-order valence-corrected chi connectivity index (χ4v) is 1.37. The van der Waals surface area contributed by atoms with Gasteiger partial charge in [0.25, 0.3) is 0 Å². The molecule has 0 saturated carbocycles. The lowest BCUT2D eigenvalue weighted by atomic mass is 10.1. The quantitative estimate of drug-likeness (QED) is 0.855. The second-order valence-electron chi connectivity index (χ2n) is 3.97. The minimum absolute atomic E-state index is 0.414. The van der Waals surface area contributed by atoms with Crippen LogP contribution in [0.2, 0.25) is 0 Å². The van der Waals surface area contributed by atoms with Gasteiger partial charge in [0.05, 0.1) is 12.5 Å². The van der Waals surface area contributed by atoms with Crippen LogP contribution in [-0.2, 0) is 6.54 Å². The van der Waals surface area contributed by atoms with Crippen molar-refractivity contribution in [3.63, 3.8) is 0 Å². The van der Waals surface area contributed by atoms with E-state index in [1.54, 1.807) is 18.9 Å². The number of rotatable bonds is 4. The molecule has 0 aliphatic heterocycles. The molecule has 2 heterocycles. The Balaban J connectivity index is 2.01. The van der Waals surface area contributed by atoms with Crippen molar-refractivity contribution in [3.05, 3.63) is 42.2 Å². The maximum absolute atomic E-state index is 4.99. The second kappa shape index (κ2) is 4.79. The minimum atomic E-state index is 0.414. The van der Waals surface area contributed by atoms with Crippen LogP contribution in [0.15, 0.2) is 35.4 Å². The Labute approximate surface area is 94.7 Å². The Morgan fingerprint density at radius 3 is 2.94 bits per heavy atom. The van der Waals surface area contributed by atoms with E-state index in [9.17, 15) is 0 Å². The summed E-state index contributed by atoms with van der Waals surface area (Å²) in [6.45, 7) is 4.94. The number of hydrogen-bond donors (Lipinski definition) is 1. The first-order valence-electron chi connectivity index (χ1n) is 5.32. The second-order valence-corrected chi connectivity index (χ2v) is 3.97. The van der Waals surface area contributed by atoms with Gasteiger partial charge in [-0.15, -0.1) is 0 Å². The molecule has 1 N–H and O–H groups in total. The van der Waals surface area contributed by atoms with E-state index in [2.05, 4.69) is 29.1 Å². The van der Waals surface area contributed by atoms with Gasteiger partial charge >= 0.3 is 0 Å². The third-order valence-corrected chi connectivity index (χ3v) is 2.33.